The Kier molecular flexibility index (Phi) is 6.12. The summed E-state index contributed by atoms with van der Waals surface area (Å²) in [4.78, 5) is 24.1. The number of carbonyl (C=O) groups excluding carboxylic acids is 2. The van der Waals surface area contributed by atoms with Crippen molar-refractivity contribution in [3.8, 4) is 0 Å². The van der Waals surface area contributed by atoms with Gasteiger partial charge in [0, 0.05) is 20.9 Å². The van der Waals surface area contributed by atoms with Crippen LogP contribution in [-0.4, -0.2) is 29.6 Å². The van der Waals surface area contributed by atoms with Crippen LogP contribution < -0.4 is 10.6 Å². The predicted octanol–water partition coefficient (Wildman–Crippen LogP) is 2.65. The molecule has 0 aliphatic carbocycles. The normalized spacial score (nSPS) is 11.6. The number of halogens is 1. The van der Waals surface area contributed by atoms with E-state index in [-0.39, 0.29) is 24.5 Å². The van der Waals surface area contributed by atoms with Crippen molar-refractivity contribution >= 4 is 40.1 Å². The number of carbonyl (C=O) groups is 2. The molecule has 0 aliphatic rings. The first-order valence-electron chi connectivity index (χ1n) is 7.09. The van der Waals surface area contributed by atoms with Gasteiger partial charge < -0.3 is 15.7 Å². The first-order chi connectivity index (χ1) is 11.0. The van der Waals surface area contributed by atoms with Crippen LogP contribution in [0.5, 0.6) is 0 Å². The van der Waals surface area contributed by atoms with Crippen molar-refractivity contribution in [1.82, 2.24) is 5.32 Å². The van der Waals surface area contributed by atoms with E-state index >= 15 is 0 Å². The van der Waals surface area contributed by atoms with Crippen molar-refractivity contribution in [3.63, 3.8) is 0 Å². The second-order valence-electron chi connectivity index (χ2n) is 5.07. The second kappa shape index (κ2) is 8.07. The van der Waals surface area contributed by atoms with E-state index in [1.54, 1.807) is 37.3 Å². The number of anilines is 1. The average Bonchev–Trinajstić information content (AvgIpc) is 2.55. The predicted molar refractivity (Wildman–Crippen MR) is 97.6 cm³/mol. The fourth-order valence-corrected chi connectivity index (χ4v) is 2.53. The lowest BCUT2D eigenvalue weighted by Gasteiger charge is -2.11. The molecule has 0 aliphatic heterocycles. The first kappa shape index (κ1) is 17.4. The van der Waals surface area contributed by atoms with Crippen LogP contribution in [0.25, 0.3) is 0 Å². The molecule has 2 rings (SSSR count). The van der Waals surface area contributed by atoms with Gasteiger partial charge in [-0.1, -0.05) is 12.1 Å². The smallest absolute Gasteiger partial charge is 0.256 e. The van der Waals surface area contributed by atoms with Crippen molar-refractivity contribution in [1.29, 1.82) is 0 Å². The average molecular weight is 424 g/mol. The van der Waals surface area contributed by atoms with Crippen LogP contribution >= 0.6 is 22.6 Å². The van der Waals surface area contributed by atoms with Gasteiger partial charge in [0.05, 0.1) is 12.2 Å². The Balaban J connectivity index is 2.04. The van der Waals surface area contributed by atoms with Gasteiger partial charge in [0.25, 0.3) is 11.8 Å². The van der Waals surface area contributed by atoms with Gasteiger partial charge in [0.15, 0.2) is 0 Å². The molecular formula is C17H17IN2O3. The van der Waals surface area contributed by atoms with Crippen LogP contribution in [0.4, 0.5) is 5.69 Å². The molecule has 5 nitrogen and oxygen atoms in total. The summed E-state index contributed by atoms with van der Waals surface area (Å²) in [7, 11) is 0. The molecule has 0 radical (unpaired) electrons. The number of benzene rings is 2. The van der Waals surface area contributed by atoms with E-state index in [0.717, 1.165) is 3.57 Å². The van der Waals surface area contributed by atoms with Crippen LogP contribution in [0.15, 0.2) is 48.5 Å². The standard InChI is InChI=1S/C17H17IN2O3/c1-11(10-21)19-16(22)12-6-8-13(9-7-12)20-17(23)14-4-2-3-5-15(14)18/h2-9,11,21H,10H2,1H3,(H,19,22)(H,20,23). The van der Waals surface area contributed by atoms with Gasteiger partial charge >= 0.3 is 0 Å². The van der Waals surface area contributed by atoms with Gasteiger partial charge in [-0.15, -0.1) is 0 Å². The van der Waals surface area contributed by atoms with Crippen molar-refractivity contribution in [2.75, 3.05) is 11.9 Å². The molecule has 0 fully saturated rings. The maximum atomic E-state index is 12.2. The maximum absolute atomic E-state index is 12.2. The molecule has 120 valence electrons. The molecule has 0 saturated carbocycles. The Hall–Kier alpha value is -1.93. The molecule has 1 unspecified atom stereocenters. The molecule has 2 amide bonds. The number of amides is 2. The van der Waals surface area contributed by atoms with Crippen LogP contribution in [0.2, 0.25) is 0 Å². The molecule has 23 heavy (non-hydrogen) atoms. The van der Waals surface area contributed by atoms with Crippen molar-refractivity contribution in [2.24, 2.45) is 0 Å². The fraction of sp³-hybridized carbons (Fsp3) is 0.176. The number of aliphatic hydroxyl groups is 1. The largest absolute Gasteiger partial charge is 0.394 e. The molecule has 0 aromatic heterocycles. The van der Waals surface area contributed by atoms with Crippen LogP contribution in [-0.2, 0) is 0 Å². The summed E-state index contributed by atoms with van der Waals surface area (Å²) in [5, 5.41) is 14.4. The molecule has 2 aromatic carbocycles. The Morgan fingerprint density at radius 2 is 1.74 bits per heavy atom. The highest BCUT2D eigenvalue weighted by molar-refractivity contribution is 14.1. The molecule has 1 atom stereocenters. The fourth-order valence-electron chi connectivity index (χ4n) is 1.90. The van der Waals surface area contributed by atoms with E-state index in [1.807, 2.05) is 18.2 Å². The molecule has 0 heterocycles. The summed E-state index contributed by atoms with van der Waals surface area (Å²) < 4.78 is 0.872. The van der Waals surface area contributed by atoms with Crippen molar-refractivity contribution < 1.29 is 14.7 Å². The molecule has 3 N–H and O–H groups in total. The summed E-state index contributed by atoms with van der Waals surface area (Å²) in [6.45, 7) is 1.60. The quantitative estimate of drug-likeness (QED) is 0.646. The van der Waals surface area contributed by atoms with Crippen LogP contribution in [0, 0.1) is 3.57 Å². The Morgan fingerprint density at radius 1 is 1.09 bits per heavy atom. The van der Waals surface area contributed by atoms with Crippen molar-refractivity contribution in [2.45, 2.75) is 13.0 Å². The lowest BCUT2D eigenvalue weighted by molar-refractivity contribution is 0.0922. The first-order valence-corrected chi connectivity index (χ1v) is 8.17. The highest BCUT2D eigenvalue weighted by Gasteiger charge is 2.11. The van der Waals surface area contributed by atoms with Crippen LogP contribution in [0.3, 0.4) is 0 Å². The minimum atomic E-state index is -0.304. The van der Waals surface area contributed by atoms with Gasteiger partial charge in [-0.3, -0.25) is 9.59 Å². The molecule has 2 aromatic rings. The minimum absolute atomic E-state index is 0.115. The van der Waals surface area contributed by atoms with E-state index < -0.39 is 0 Å². The molecule has 0 spiro atoms. The van der Waals surface area contributed by atoms with E-state index in [9.17, 15) is 9.59 Å². The summed E-state index contributed by atoms with van der Waals surface area (Å²) in [6.07, 6.45) is 0. The molecule has 6 heteroatoms. The Labute approximate surface area is 148 Å². The SMILES string of the molecule is CC(CO)NC(=O)c1ccc(NC(=O)c2ccccc2I)cc1. The maximum Gasteiger partial charge on any atom is 0.256 e. The third-order valence-electron chi connectivity index (χ3n) is 3.17. The highest BCUT2D eigenvalue weighted by Crippen LogP contribution is 2.15. The second-order valence-corrected chi connectivity index (χ2v) is 6.23. The third-order valence-corrected chi connectivity index (χ3v) is 4.12. The zero-order chi connectivity index (χ0) is 16.8. The zero-order valence-corrected chi connectivity index (χ0v) is 14.7. The summed E-state index contributed by atoms with van der Waals surface area (Å²) in [5.74, 6) is -0.455. The number of hydrogen-bond acceptors (Lipinski definition) is 3. The molecular weight excluding hydrogens is 407 g/mol. The topological polar surface area (TPSA) is 78.4 Å². The number of rotatable bonds is 5. The monoisotopic (exact) mass is 424 g/mol. The van der Waals surface area contributed by atoms with Crippen molar-refractivity contribution in [3.05, 3.63) is 63.2 Å². The number of nitrogens with one attached hydrogen (secondary N) is 2. The Morgan fingerprint density at radius 3 is 2.35 bits per heavy atom. The summed E-state index contributed by atoms with van der Waals surface area (Å²) >= 11 is 2.11. The lowest BCUT2D eigenvalue weighted by Crippen LogP contribution is -2.34. The summed E-state index contributed by atoms with van der Waals surface area (Å²) in [5.41, 5.74) is 1.69. The Bertz CT molecular complexity index is 701. The lowest BCUT2D eigenvalue weighted by atomic mass is 10.1. The highest BCUT2D eigenvalue weighted by atomic mass is 127. The zero-order valence-electron chi connectivity index (χ0n) is 12.5. The van der Waals surface area contributed by atoms with E-state index in [2.05, 4.69) is 33.2 Å². The van der Waals surface area contributed by atoms with Gasteiger partial charge in [0.2, 0.25) is 0 Å². The molecule has 0 bridgehead atoms. The van der Waals surface area contributed by atoms with E-state index in [0.29, 0.717) is 16.8 Å². The van der Waals surface area contributed by atoms with Gasteiger partial charge in [-0.25, -0.2) is 0 Å². The van der Waals surface area contributed by atoms with E-state index in [4.69, 9.17) is 5.11 Å². The third kappa shape index (κ3) is 4.77. The number of hydrogen-bond donors (Lipinski definition) is 3. The van der Waals surface area contributed by atoms with E-state index in [1.165, 1.54) is 0 Å². The number of aliphatic hydroxyl groups excluding tert-OH is 1. The van der Waals surface area contributed by atoms with Crippen LogP contribution in [0.1, 0.15) is 27.6 Å². The van der Waals surface area contributed by atoms with Gasteiger partial charge in [0.1, 0.15) is 0 Å². The molecule has 0 saturated heterocycles. The summed E-state index contributed by atoms with van der Waals surface area (Å²) in [6, 6.07) is 13.6. The minimum Gasteiger partial charge on any atom is -0.394 e. The van der Waals surface area contributed by atoms with Gasteiger partial charge in [-0.2, -0.15) is 0 Å². The van der Waals surface area contributed by atoms with Gasteiger partial charge in [-0.05, 0) is 65.9 Å².